The van der Waals surface area contributed by atoms with E-state index in [-0.39, 0.29) is 11.7 Å². The number of nitrogens with zero attached hydrogens (tertiary/aromatic N) is 1. The molecule has 0 radical (unpaired) electrons. The average molecular weight is 418 g/mol. The Bertz CT molecular complexity index is 972. The molecule has 0 atom stereocenters. The molecule has 0 spiro atoms. The fourth-order valence-electron chi connectivity index (χ4n) is 2.70. The Labute approximate surface area is 172 Å². The van der Waals surface area contributed by atoms with Crippen LogP contribution < -0.4 is 9.64 Å². The second-order valence-electron chi connectivity index (χ2n) is 5.72. The Morgan fingerprint density at radius 1 is 1.37 bits per heavy atom. The highest BCUT2D eigenvalue weighted by molar-refractivity contribution is 8.27. The number of halogens is 1. The fourth-order valence-corrected chi connectivity index (χ4v) is 4.18. The smallest absolute Gasteiger partial charge is 0.270 e. The monoisotopic (exact) mass is 417 g/mol. The molecular formula is C20H16ClNO3S2. The van der Waals surface area contributed by atoms with Gasteiger partial charge in [0, 0.05) is 10.6 Å². The van der Waals surface area contributed by atoms with Crippen LogP contribution in [0, 0.1) is 0 Å². The van der Waals surface area contributed by atoms with Crippen LogP contribution in [-0.4, -0.2) is 22.4 Å². The van der Waals surface area contributed by atoms with Gasteiger partial charge in [-0.25, -0.2) is 0 Å². The molecule has 1 amide bonds. The molecule has 0 unspecified atom stereocenters. The number of hydrogen-bond acceptors (Lipinski definition) is 5. The Balaban J connectivity index is 1.98. The van der Waals surface area contributed by atoms with Gasteiger partial charge in [0.05, 0.1) is 17.7 Å². The maximum atomic E-state index is 12.9. The molecule has 2 aromatic rings. The molecular weight excluding hydrogens is 402 g/mol. The summed E-state index contributed by atoms with van der Waals surface area (Å²) in [5.74, 6) is 0.191. The van der Waals surface area contributed by atoms with Crippen molar-refractivity contribution in [3.05, 3.63) is 70.1 Å². The topological polar surface area (TPSA) is 49.8 Å². The van der Waals surface area contributed by atoms with Gasteiger partial charge in [-0.05, 0) is 48.4 Å². The van der Waals surface area contributed by atoms with Crippen LogP contribution in [0.3, 0.4) is 0 Å². The Kier molecular flexibility index (Phi) is 5.89. The summed E-state index contributed by atoms with van der Waals surface area (Å²) in [5.41, 5.74) is 2.03. The summed E-state index contributed by atoms with van der Waals surface area (Å²) < 4.78 is 5.67. The van der Waals surface area contributed by atoms with Gasteiger partial charge in [0.1, 0.15) is 0 Å². The van der Waals surface area contributed by atoms with Gasteiger partial charge >= 0.3 is 0 Å². The second kappa shape index (κ2) is 8.17. The number of hydrogen-bond donors (Lipinski definition) is 1. The molecule has 27 heavy (non-hydrogen) atoms. The van der Waals surface area contributed by atoms with Crippen LogP contribution in [0.15, 0.2) is 54.0 Å². The van der Waals surface area contributed by atoms with Gasteiger partial charge in [-0.1, -0.05) is 47.7 Å². The maximum Gasteiger partial charge on any atom is 0.270 e. The molecule has 138 valence electrons. The SMILES string of the molecule is C=CCc1cc(/C=C2/SC(=S)N(c3cccc(Cl)c3)C2=O)cc(OC)c1O. The van der Waals surface area contributed by atoms with Crippen molar-refractivity contribution in [1.29, 1.82) is 0 Å². The molecule has 3 rings (SSSR count). The summed E-state index contributed by atoms with van der Waals surface area (Å²) in [7, 11) is 1.48. The molecule has 1 N–H and O–H groups in total. The number of thioether (sulfide) groups is 1. The lowest BCUT2D eigenvalue weighted by Gasteiger charge is -2.14. The van der Waals surface area contributed by atoms with Crippen molar-refractivity contribution in [2.24, 2.45) is 0 Å². The Morgan fingerprint density at radius 3 is 2.81 bits per heavy atom. The molecule has 1 heterocycles. The zero-order valence-electron chi connectivity index (χ0n) is 14.4. The highest BCUT2D eigenvalue weighted by Gasteiger charge is 2.33. The van der Waals surface area contributed by atoms with E-state index in [9.17, 15) is 9.90 Å². The van der Waals surface area contributed by atoms with Crippen LogP contribution in [0.25, 0.3) is 6.08 Å². The van der Waals surface area contributed by atoms with E-state index in [1.165, 1.54) is 23.8 Å². The summed E-state index contributed by atoms with van der Waals surface area (Å²) in [6, 6.07) is 10.5. The van der Waals surface area contributed by atoms with Gasteiger partial charge in [0.2, 0.25) is 0 Å². The summed E-state index contributed by atoms with van der Waals surface area (Å²) >= 11 is 12.6. The number of rotatable bonds is 5. The van der Waals surface area contributed by atoms with E-state index in [2.05, 4.69) is 6.58 Å². The number of amides is 1. The highest BCUT2D eigenvalue weighted by atomic mass is 35.5. The molecule has 0 aromatic heterocycles. The van der Waals surface area contributed by atoms with Crippen molar-refractivity contribution in [3.63, 3.8) is 0 Å². The van der Waals surface area contributed by atoms with Gasteiger partial charge in [0.25, 0.3) is 5.91 Å². The third-order valence-electron chi connectivity index (χ3n) is 3.92. The lowest BCUT2D eigenvalue weighted by atomic mass is 10.1. The predicted molar refractivity (Wildman–Crippen MR) is 116 cm³/mol. The van der Waals surface area contributed by atoms with E-state index in [4.69, 9.17) is 28.6 Å². The van der Waals surface area contributed by atoms with Crippen molar-refractivity contribution in [2.45, 2.75) is 6.42 Å². The van der Waals surface area contributed by atoms with E-state index in [0.29, 0.717) is 37.7 Å². The average Bonchev–Trinajstić information content (AvgIpc) is 2.91. The number of phenols is 1. The quantitative estimate of drug-likeness (QED) is 0.412. The largest absolute Gasteiger partial charge is 0.504 e. The number of aromatic hydroxyl groups is 1. The molecule has 2 aromatic carbocycles. The number of phenolic OH excluding ortho intramolecular Hbond substituents is 1. The normalized spacial score (nSPS) is 15.5. The van der Waals surface area contributed by atoms with Crippen molar-refractivity contribution in [2.75, 3.05) is 12.0 Å². The van der Waals surface area contributed by atoms with E-state index in [1.54, 1.807) is 48.6 Å². The number of methoxy groups -OCH3 is 1. The summed E-state index contributed by atoms with van der Waals surface area (Å²) in [6.45, 7) is 3.70. The number of carbonyl (C=O) groups is 1. The van der Waals surface area contributed by atoms with Crippen LogP contribution in [0.1, 0.15) is 11.1 Å². The number of ether oxygens (including phenoxy) is 1. The van der Waals surface area contributed by atoms with Crippen molar-refractivity contribution < 1.29 is 14.6 Å². The van der Waals surface area contributed by atoms with Gasteiger partial charge in [-0.2, -0.15) is 0 Å². The van der Waals surface area contributed by atoms with Gasteiger partial charge in [0.15, 0.2) is 15.8 Å². The first-order chi connectivity index (χ1) is 12.9. The van der Waals surface area contributed by atoms with Crippen molar-refractivity contribution in [1.82, 2.24) is 0 Å². The molecule has 1 fully saturated rings. The third-order valence-corrected chi connectivity index (χ3v) is 5.46. The minimum Gasteiger partial charge on any atom is -0.504 e. The lowest BCUT2D eigenvalue weighted by molar-refractivity contribution is -0.113. The molecule has 4 nitrogen and oxygen atoms in total. The van der Waals surface area contributed by atoms with Crippen molar-refractivity contribution in [3.8, 4) is 11.5 Å². The standard InChI is InChI=1S/C20H16ClNO3S2/c1-3-5-13-8-12(9-16(25-2)18(13)23)10-17-19(24)22(20(26)27-17)15-7-4-6-14(21)11-15/h3-4,6-11,23H,1,5H2,2H3/b17-10+. The van der Waals surface area contributed by atoms with Crippen LogP contribution in [0.2, 0.25) is 5.02 Å². The van der Waals surface area contributed by atoms with E-state index >= 15 is 0 Å². The molecule has 0 aliphatic carbocycles. The van der Waals surface area contributed by atoms with E-state index in [1.807, 2.05) is 0 Å². The van der Waals surface area contributed by atoms with E-state index < -0.39 is 0 Å². The zero-order chi connectivity index (χ0) is 19.6. The second-order valence-corrected chi connectivity index (χ2v) is 7.83. The first kappa shape index (κ1) is 19.5. The Morgan fingerprint density at radius 2 is 2.15 bits per heavy atom. The maximum absolute atomic E-state index is 12.9. The summed E-state index contributed by atoms with van der Waals surface area (Å²) in [6.07, 6.45) is 3.91. The number of carbonyl (C=O) groups excluding carboxylic acids is 1. The number of allylic oxidation sites excluding steroid dienone is 1. The number of benzene rings is 2. The lowest BCUT2D eigenvalue weighted by Crippen LogP contribution is -2.27. The predicted octanol–water partition coefficient (Wildman–Crippen LogP) is 5.19. The minimum atomic E-state index is -0.218. The number of thiocarbonyl (C=S) groups is 1. The van der Waals surface area contributed by atoms with Crippen LogP contribution in [0.5, 0.6) is 11.5 Å². The molecule has 0 saturated carbocycles. The zero-order valence-corrected chi connectivity index (χ0v) is 16.8. The molecule has 0 bridgehead atoms. The summed E-state index contributed by atoms with van der Waals surface area (Å²) in [4.78, 5) is 14.8. The first-order valence-electron chi connectivity index (χ1n) is 7.99. The highest BCUT2D eigenvalue weighted by Crippen LogP contribution is 2.38. The molecule has 1 aliphatic rings. The fraction of sp³-hybridized carbons (Fsp3) is 0.100. The van der Waals surface area contributed by atoms with Gasteiger partial charge in [-0.15, -0.1) is 6.58 Å². The molecule has 1 saturated heterocycles. The van der Waals surface area contributed by atoms with Gasteiger partial charge in [-0.3, -0.25) is 9.69 Å². The van der Waals surface area contributed by atoms with E-state index in [0.717, 1.165) is 5.56 Å². The van der Waals surface area contributed by atoms with Gasteiger partial charge < -0.3 is 9.84 Å². The van der Waals surface area contributed by atoms with Crippen LogP contribution in [0.4, 0.5) is 5.69 Å². The third kappa shape index (κ3) is 4.03. The minimum absolute atomic E-state index is 0.0704. The van der Waals surface area contributed by atoms with Crippen LogP contribution in [-0.2, 0) is 11.2 Å². The van der Waals surface area contributed by atoms with Crippen molar-refractivity contribution >= 4 is 57.6 Å². The first-order valence-corrected chi connectivity index (χ1v) is 9.59. The molecule has 1 aliphatic heterocycles. The molecule has 7 heteroatoms. The van der Waals surface area contributed by atoms with Crippen LogP contribution >= 0.6 is 35.6 Å². The Hall–Kier alpha value is -2.28. The summed E-state index contributed by atoms with van der Waals surface area (Å²) in [5, 5.41) is 10.7. The number of anilines is 1.